The zero-order chi connectivity index (χ0) is 14.8. The van der Waals surface area contributed by atoms with E-state index in [-0.39, 0.29) is 10.6 Å². The molecule has 0 radical (unpaired) electrons. The highest BCUT2D eigenvalue weighted by atomic mass is 32.1. The number of hydrogen-bond acceptors (Lipinski definition) is 6. The van der Waals surface area contributed by atoms with Crippen molar-refractivity contribution in [3.63, 3.8) is 0 Å². The predicted molar refractivity (Wildman–Crippen MR) is 85.0 cm³/mol. The quantitative estimate of drug-likeness (QED) is 0.694. The van der Waals surface area contributed by atoms with Gasteiger partial charge in [-0.15, -0.1) is 11.3 Å². The van der Waals surface area contributed by atoms with Crippen LogP contribution in [-0.2, 0) is 0 Å². The van der Waals surface area contributed by atoms with Gasteiger partial charge in [0.1, 0.15) is 5.69 Å². The van der Waals surface area contributed by atoms with Crippen molar-refractivity contribution in [2.45, 2.75) is 12.8 Å². The Balaban J connectivity index is 1.77. The molecular formula is C14H18N4O2S. The molecule has 112 valence electrons. The summed E-state index contributed by atoms with van der Waals surface area (Å²) in [6.07, 6.45) is 2.27. The van der Waals surface area contributed by atoms with Crippen LogP contribution in [0.1, 0.15) is 12.8 Å². The molecule has 3 rings (SSSR count). The van der Waals surface area contributed by atoms with E-state index in [1.807, 2.05) is 6.07 Å². The van der Waals surface area contributed by atoms with Crippen LogP contribution in [0.25, 0.3) is 10.2 Å². The summed E-state index contributed by atoms with van der Waals surface area (Å²) in [6, 6.07) is 3.70. The van der Waals surface area contributed by atoms with E-state index in [4.69, 9.17) is 0 Å². The molecule has 6 nitrogen and oxygen atoms in total. The third kappa shape index (κ3) is 2.98. The van der Waals surface area contributed by atoms with Gasteiger partial charge in [0.15, 0.2) is 5.52 Å². The Morgan fingerprint density at radius 3 is 2.95 bits per heavy atom. The molecular weight excluding hydrogens is 288 g/mol. The van der Waals surface area contributed by atoms with Gasteiger partial charge in [0, 0.05) is 6.54 Å². The fourth-order valence-electron chi connectivity index (χ4n) is 2.76. The molecule has 1 aliphatic heterocycles. The highest BCUT2D eigenvalue weighted by Crippen LogP contribution is 2.34. The monoisotopic (exact) mass is 306 g/mol. The average Bonchev–Trinajstić information content (AvgIpc) is 2.94. The van der Waals surface area contributed by atoms with E-state index in [9.17, 15) is 10.1 Å². The van der Waals surface area contributed by atoms with Crippen LogP contribution in [0.3, 0.4) is 0 Å². The van der Waals surface area contributed by atoms with Crippen LogP contribution in [0, 0.1) is 16.0 Å². The summed E-state index contributed by atoms with van der Waals surface area (Å²) >= 11 is 1.43. The summed E-state index contributed by atoms with van der Waals surface area (Å²) in [5.74, 6) is 0.576. The van der Waals surface area contributed by atoms with Crippen LogP contribution in [0.15, 0.2) is 17.6 Å². The van der Waals surface area contributed by atoms with Crippen LogP contribution in [0.2, 0.25) is 0 Å². The minimum absolute atomic E-state index is 0.0988. The van der Waals surface area contributed by atoms with Gasteiger partial charge in [0.25, 0.3) is 0 Å². The van der Waals surface area contributed by atoms with Crippen LogP contribution < -0.4 is 5.32 Å². The highest BCUT2D eigenvalue weighted by Gasteiger charge is 2.22. The minimum atomic E-state index is -0.334. The molecule has 0 unspecified atom stereocenters. The molecule has 1 aromatic carbocycles. The number of nitro groups is 1. The van der Waals surface area contributed by atoms with E-state index in [2.05, 4.69) is 22.2 Å². The summed E-state index contributed by atoms with van der Waals surface area (Å²) < 4.78 is 0.853. The first-order valence-electron chi connectivity index (χ1n) is 7.08. The molecule has 0 bridgehead atoms. The number of hydrogen-bond donors (Lipinski definition) is 1. The standard InChI is InChI=1S/C14H18N4O2S/c1-17-6-4-10(5-7-17)8-15-11-2-3-12-13(16-9-21-12)14(11)18(19)20/h2-3,9-10,15H,4-8H2,1H3. The highest BCUT2D eigenvalue weighted by molar-refractivity contribution is 7.16. The van der Waals surface area contributed by atoms with Gasteiger partial charge < -0.3 is 10.2 Å². The lowest BCUT2D eigenvalue weighted by Crippen LogP contribution is -2.33. The first-order chi connectivity index (χ1) is 10.1. The van der Waals surface area contributed by atoms with Gasteiger partial charge in [0.05, 0.1) is 15.1 Å². The van der Waals surface area contributed by atoms with Gasteiger partial charge in [-0.3, -0.25) is 10.1 Å². The average molecular weight is 306 g/mol. The lowest BCUT2D eigenvalue weighted by Gasteiger charge is -2.29. The van der Waals surface area contributed by atoms with Crippen molar-refractivity contribution in [2.75, 3.05) is 32.0 Å². The second-order valence-corrected chi connectivity index (χ2v) is 6.43. The van der Waals surface area contributed by atoms with E-state index in [1.54, 1.807) is 11.6 Å². The fraction of sp³-hybridized carbons (Fsp3) is 0.500. The number of fused-ring (bicyclic) bond motifs is 1. The Morgan fingerprint density at radius 1 is 1.48 bits per heavy atom. The minimum Gasteiger partial charge on any atom is -0.379 e. The Kier molecular flexibility index (Phi) is 4.03. The number of nitro benzene ring substituents is 1. The van der Waals surface area contributed by atoms with E-state index in [0.717, 1.165) is 37.2 Å². The summed E-state index contributed by atoms with van der Waals surface area (Å²) in [5.41, 5.74) is 2.82. The first-order valence-corrected chi connectivity index (χ1v) is 7.96. The van der Waals surface area contributed by atoms with Gasteiger partial charge in [-0.25, -0.2) is 4.98 Å². The summed E-state index contributed by atoms with van der Waals surface area (Å²) in [4.78, 5) is 17.5. The summed E-state index contributed by atoms with van der Waals surface area (Å²) in [7, 11) is 2.13. The third-order valence-electron chi connectivity index (χ3n) is 4.08. The number of nitrogens with one attached hydrogen (secondary N) is 1. The molecule has 0 atom stereocenters. The molecule has 7 heteroatoms. The smallest absolute Gasteiger partial charge is 0.319 e. The van der Waals surface area contributed by atoms with Gasteiger partial charge in [-0.2, -0.15) is 0 Å². The maximum Gasteiger partial charge on any atom is 0.319 e. The van der Waals surface area contributed by atoms with E-state index < -0.39 is 0 Å². The molecule has 0 saturated carbocycles. The van der Waals surface area contributed by atoms with E-state index >= 15 is 0 Å². The van der Waals surface area contributed by atoms with Crippen molar-refractivity contribution >= 4 is 32.9 Å². The molecule has 2 aromatic rings. The van der Waals surface area contributed by atoms with Crippen LogP contribution in [0.4, 0.5) is 11.4 Å². The van der Waals surface area contributed by atoms with Gasteiger partial charge >= 0.3 is 5.69 Å². The summed E-state index contributed by atoms with van der Waals surface area (Å²) in [6.45, 7) is 2.98. The maximum absolute atomic E-state index is 11.4. The number of likely N-dealkylation sites (tertiary alicyclic amines) is 1. The zero-order valence-electron chi connectivity index (χ0n) is 11.9. The molecule has 1 aromatic heterocycles. The largest absolute Gasteiger partial charge is 0.379 e. The fourth-order valence-corrected chi connectivity index (χ4v) is 3.44. The number of aromatic nitrogens is 1. The van der Waals surface area contributed by atoms with Crippen molar-refractivity contribution < 1.29 is 4.92 Å². The number of piperidine rings is 1. The second kappa shape index (κ2) is 5.95. The Hall–Kier alpha value is -1.73. The lowest BCUT2D eigenvalue weighted by molar-refractivity contribution is -0.382. The van der Waals surface area contributed by atoms with Crippen LogP contribution in [-0.4, -0.2) is 41.5 Å². The molecule has 0 aliphatic carbocycles. The van der Waals surface area contributed by atoms with Crippen molar-refractivity contribution in [1.82, 2.24) is 9.88 Å². The molecule has 2 heterocycles. The topological polar surface area (TPSA) is 71.3 Å². The Bertz CT molecular complexity index is 649. The number of nitrogens with zero attached hydrogens (tertiary/aromatic N) is 3. The number of thiazole rings is 1. The third-order valence-corrected chi connectivity index (χ3v) is 4.87. The number of anilines is 1. The van der Waals surface area contributed by atoms with Gasteiger partial charge in [-0.05, 0) is 51.0 Å². The van der Waals surface area contributed by atoms with E-state index in [1.165, 1.54) is 11.3 Å². The number of benzene rings is 1. The van der Waals surface area contributed by atoms with E-state index in [0.29, 0.717) is 17.1 Å². The first kappa shape index (κ1) is 14.2. The second-order valence-electron chi connectivity index (χ2n) is 5.55. The van der Waals surface area contributed by atoms with Crippen molar-refractivity contribution in [3.05, 3.63) is 27.8 Å². The molecule has 0 spiro atoms. The molecule has 0 amide bonds. The molecule has 21 heavy (non-hydrogen) atoms. The van der Waals surface area contributed by atoms with Gasteiger partial charge in [0.2, 0.25) is 0 Å². The molecule has 1 N–H and O–H groups in total. The molecule has 1 fully saturated rings. The van der Waals surface area contributed by atoms with Crippen molar-refractivity contribution in [1.29, 1.82) is 0 Å². The zero-order valence-corrected chi connectivity index (χ0v) is 12.7. The number of rotatable bonds is 4. The molecule has 1 aliphatic rings. The maximum atomic E-state index is 11.4. The van der Waals surface area contributed by atoms with Crippen molar-refractivity contribution in [3.8, 4) is 0 Å². The normalized spacial score (nSPS) is 17.2. The molecule has 1 saturated heterocycles. The SMILES string of the molecule is CN1CCC(CNc2ccc3scnc3c2[N+](=O)[O-])CC1. The van der Waals surface area contributed by atoms with Gasteiger partial charge in [-0.1, -0.05) is 0 Å². The Morgan fingerprint density at radius 2 is 2.24 bits per heavy atom. The lowest BCUT2D eigenvalue weighted by atomic mass is 9.97. The Labute approximate surface area is 126 Å². The predicted octanol–water partition coefficient (Wildman–Crippen LogP) is 2.96. The van der Waals surface area contributed by atoms with Crippen LogP contribution in [0.5, 0.6) is 0 Å². The van der Waals surface area contributed by atoms with Crippen molar-refractivity contribution in [2.24, 2.45) is 5.92 Å². The summed E-state index contributed by atoms with van der Waals surface area (Å²) in [5, 5.41) is 14.6. The van der Waals surface area contributed by atoms with Crippen LogP contribution >= 0.6 is 11.3 Å².